The first-order valence-electron chi connectivity index (χ1n) is 6.26. The van der Waals surface area contributed by atoms with E-state index in [1.165, 1.54) is 11.8 Å². The monoisotopic (exact) mass is 326 g/mol. The summed E-state index contributed by atoms with van der Waals surface area (Å²) in [5.74, 6) is 0.757. The fourth-order valence-electron chi connectivity index (χ4n) is 1.56. The number of amides is 1. The Hall–Kier alpha value is -1.57. The van der Waals surface area contributed by atoms with Gasteiger partial charge in [-0.25, -0.2) is 4.98 Å². The van der Waals surface area contributed by atoms with E-state index in [1.54, 1.807) is 13.2 Å². The van der Waals surface area contributed by atoms with Crippen molar-refractivity contribution < 1.29 is 9.53 Å². The van der Waals surface area contributed by atoms with Crippen LogP contribution in [0.1, 0.15) is 0 Å². The minimum absolute atomic E-state index is 0.0823. The van der Waals surface area contributed by atoms with Crippen molar-refractivity contribution in [3.8, 4) is 11.4 Å². The minimum atomic E-state index is -0.0823. The number of methoxy groups -OCH3 is 1. The Kier molecular flexibility index (Phi) is 6.04. The zero-order valence-electron chi connectivity index (χ0n) is 11.4. The fraction of sp³-hybridized carbons (Fsp3) is 0.308. The number of H-pyrrole nitrogens is 1. The number of hydrogen-bond donors (Lipinski definition) is 2. The molecule has 8 heteroatoms. The van der Waals surface area contributed by atoms with Gasteiger partial charge in [-0.2, -0.15) is 0 Å². The molecule has 0 unspecified atom stereocenters. The summed E-state index contributed by atoms with van der Waals surface area (Å²) < 4.78 is 4.85. The molecule has 0 radical (unpaired) electrons. The predicted molar refractivity (Wildman–Crippen MR) is 82.4 cm³/mol. The number of benzene rings is 1. The highest BCUT2D eigenvalue weighted by atomic mass is 35.5. The van der Waals surface area contributed by atoms with E-state index in [0.29, 0.717) is 29.2 Å². The van der Waals surface area contributed by atoms with Crippen LogP contribution in [0.5, 0.6) is 0 Å². The lowest BCUT2D eigenvalue weighted by atomic mass is 10.2. The molecule has 1 amide bonds. The van der Waals surface area contributed by atoms with Gasteiger partial charge in [-0.1, -0.05) is 35.5 Å². The van der Waals surface area contributed by atoms with E-state index in [-0.39, 0.29) is 11.7 Å². The Labute approximate surface area is 131 Å². The molecule has 0 saturated carbocycles. The average molecular weight is 327 g/mol. The quantitative estimate of drug-likeness (QED) is 0.601. The van der Waals surface area contributed by atoms with Crippen molar-refractivity contribution in [3.63, 3.8) is 0 Å². The molecule has 2 aromatic rings. The number of nitrogens with one attached hydrogen (secondary N) is 2. The van der Waals surface area contributed by atoms with Gasteiger partial charge in [0.15, 0.2) is 5.82 Å². The molecule has 1 aromatic heterocycles. The third-order valence-corrected chi connectivity index (χ3v) is 3.73. The van der Waals surface area contributed by atoms with Gasteiger partial charge < -0.3 is 10.1 Å². The van der Waals surface area contributed by atoms with E-state index in [2.05, 4.69) is 20.5 Å². The van der Waals surface area contributed by atoms with E-state index in [0.717, 1.165) is 5.56 Å². The van der Waals surface area contributed by atoms with Crippen LogP contribution in [0.4, 0.5) is 0 Å². The Morgan fingerprint density at radius 3 is 3.05 bits per heavy atom. The number of carbonyl (C=O) groups is 1. The third kappa shape index (κ3) is 4.73. The van der Waals surface area contributed by atoms with Crippen molar-refractivity contribution in [2.75, 3.05) is 26.0 Å². The molecule has 0 fully saturated rings. The summed E-state index contributed by atoms with van der Waals surface area (Å²) in [6.07, 6.45) is 0. The number of ether oxygens (including phenoxy) is 1. The van der Waals surface area contributed by atoms with Crippen LogP contribution >= 0.6 is 23.4 Å². The molecule has 1 heterocycles. The Morgan fingerprint density at radius 2 is 2.29 bits per heavy atom. The van der Waals surface area contributed by atoms with E-state index >= 15 is 0 Å². The lowest BCUT2D eigenvalue weighted by Gasteiger charge is -2.02. The average Bonchev–Trinajstić information content (AvgIpc) is 2.94. The molecular formula is C13H15ClN4O2S. The van der Waals surface area contributed by atoms with Gasteiger partial charge in [0.2, 0.25) is 11.1 Å². The molecule has 0 aliphatic heterocycles. The lowest BCUT2D eigenvalue weighted by molar-refractivity contribution is -0.118. The zero-order chi connectivity index (χ0) is 15.1. The SMILES string of the molecule is COCCNC(=O)CSc1n[nH]c(-c2ccccc2Cl)n1. The van der Waals surface area contributed by atoms with Gasteiger partial charge in [0.05, 0.1) is 17.4 Å². The number of thioether (sulfide) groups is 1. The molecule has 112 valence electrons. The zero-order valence-corrected chi connectivity index (χ0v) is 13.0. The van der Waals surface area contributed by atoms with E-state index in [9.17, 15) is 4.79 Å². The van der Waals surface area contributed by atoms with Crippen molar-refractivity contribution in [3.05, 3.63) is 29.3 Å². The van der Waals surface area contributed by atoms with Gasteiger partial charge in [0, 0.05) is 19.2 Å². The summed E-state index contributed by atoms with van der Waals surface area (Å²) in [6, 6.07) is 7.37. The van der Waals surface area contributed by atoms with Crippen LogP contribution in [0.2, 0.25) is 5.02 Å². The second-order valence-electron chi connectivity index (χ2n) is 4.08. The van der Waals surface area contributed by atoms with E-state index in [1.807, 2.05) is 18.2 Å². The van der Waals surface area contributed by atoms with Gasteiger partial charge in [-0.05, 0) is 12.1 Å². The maximum absolute atomic E-state index is 11.5. The molecule has 1 aromatic carbocycles. The number of aromatic nitrogens is 3. The molecule has 2 N–H and O–H groups in total. The van der Waals surface area contributed by atoms with Gasteiger partial charge >= 0.3 is 0 Å². The number of hydrogen-bond acceptors (Lipinski definition) is 5. The van der Waals surface area contributed by atoms with Crippen molar-refractivity contribution in [1.82, 2.24) is 20.5 Å². The topological polar surface area (TPSA) is 79.9 Å². The lowest BCUT2D eigenvalue weighted by Crippen LogP contribution is -2.28. The van der Waals surface area contributed by atoms with Crippen LogP contribution in [0, 0.1) is 0 Å². The van der Waals surface area contributed by atoms with Crippen molar-refractivity contribution in [2.24, 2.45) is 0 Å². The van der Waals surface area contributed by atoms with Crippen LogP contribution < -0.4 is 5.32 Å². The maximum Gasteiger partial charge on any atom is 0.230 e. The first-order chi connectivity index (χ1) is 10.2. The summed E-state index contributed by atoms with van der Waals surface area (Å²) in [5, 5.41) is 10.7. The highest BCUT2D eigenvalue weighted by Crippen LogP contribution is 2.25. The predicted octanol–water partition coefficient (Wildman–Crippen LogP) is 1.98. The van der Waals surface area contributed by atoms with Crippen LogP contribution in [-0.2, 0) is 9.53 Å². The molecule has 0 aliphatic carbocycles. The van der Waals surface area contributed by atoms with Crippen LogP contribution in [0.3, 0.4) is 0 Å². The van der Waals surface area contributed by atoms with Gasteiger partial charge in [-0.3, -0.25) is 9.89 Å². The summed E-state index contributed by atoms with van der Waals surface area (Å²) in [5.41, 5.74) is 0.781. The standard InChI is InChI=1S/C13H15ClN4O2S/c1-20-7-6-15-11(19)8-21-13-16-12(17-18-13)9-4-2-3-5-10(9)14/h2-5H,6-8H2,1H3,(H,15,19)(H,16,17,18). The number of rotatable bonds is 7. The number of halogens is 1. The molecule has 6 nitrogen and oxygen atoms in total. The van der Waals surface area contributed by atoms with Gasteiger partial charge in [0.25, 0.3) is 0 Å². The summed E-state index contributed by atoms with van der Waals surface area (Å²) in [7, 11) is 1.59. The molecule has 0 saturated heterocycles. The van der Waals surface area contributed by atoms with Crippen molar-refractivity contribution in [1.29, 1.82) is 0 Å². The Morgan fingerprint density at radius 1 is 1.48 bits per heavy atom. The summed E-state index contributed by atoms with van der Waals surface area (Å²) in [4.78, 5) is 15.9. The summed E-state index contributed by atoms with van der Waals surface area (Å²) in [6.45, 7) is 0.989. The first kappa shape index (κ1) is 15.8. The second kappa shape index (κ2) is 8.02. The van der Waals surface area contributed by atoms with Crippen LogP contribution in [-0.4, -0.2) is 47.1 Å². The molecule has 0 atom stereocenters. The minimum Gasteiger partial charge on any atom is -0.383 e. The smallest absolute Gasteiger partial charge is 0.230 e. The molecule has 21 heavy (non-hydrogen) atoms. The fourth-order valence-corrected chi connectivity index (χ4v) is 2.41. The molecule has 0 spiro atoms. The second-order valence-corrected chi connectivity index (χ2v) is 5.43. The Balaban J connectivity index is 1.89. The van der Waals surface area contributed by atoms with Gasteiger partial charge in [0.1, 0.15) is 0 Å². The van der Waals surface area contributed by atoms with Crippen molar-refractivity contribution >= 4 is 29.3 Å². The molecular weight excluding hydrogens is 312 g/mol. The van der Waals surface area contributed by atoms with Crippen LogP contribution in [0.25, 0.3) is 11.4 Å². The normalized spacial score (nSPS) is 10.6. The maximum atomic E-state index is 11.5. The van der Waals surface area contributed by atoms with Crippen molar-refractivity contribution in [2.45, 2.75) is 5.16 Å². The number of carbonyl (C=O) groups excluding carboxylic acids is 1. The van der Waals surface area contributed by atoms with Crippen LogP contribution in [0.15, 0.2) is 29.4 Å². The summed E-state index contributed by atoms with van der Waals surface area (Å²) >= 11 is 7.35. The van der Waals surface area contributed by atoms with E-state index in [4.69, 9.17) is 16.3 Å². The largest absolute Gasteiger partial charge is 0.383 e. The molecule has 2 rings (SSSR count). The highest BCUT2D eigenvalue weighted by Gasteiger charge is 2.10. The number of aromatic amines is 1. The Bertz CT molecular complexity index is 605. The van der Waals surface area contributed by atoms with E-state index < -0.39 is 0 Å². The highest BCUT2D eigenvalue weighted by molar-refractivity contribution is 7.99. The number of nitrogens with zero attached hydrogens (tertiary/aromatic N) is 2. The van der Waals surface area contributed by atoms with Gasteiger partial charge in [-0.15, -0.1) is 5.10 Å². The first-order valence-corrected chi connectivity index (χ1v) is 7.63. The third-order valence-electron chi connectivity index (χ3n) is 2.55. The molecule has 0 aliphatic rings. The molecule has 0 bridgehead atoms.